The molecule has 2 fully saturated rings. The summed E-state index contributed by atoms with van der Waals surface area (Å²) in [7, 11) is 0. The van der Waals surface area contributed by atoms with Gasteiger partial charge in [0, 0.05) is 26.2 Å². The first-order valence-electron chi connectivity index (χ1n) is 5.79. The van der Waals surface area contributed by atoms with E-state index in [1.807, 2.05) is 4.90 Å². The van der Waals surface area contributed by atoms with Crippen molar-refractivity contribution in [3.8, 4) is 0 Å². The molecule has 0 bridgehead atoms. The third-order valence-corrected chi connectivity index (χ3v) is 3.50. The molecule has 1 amide bonds. The van der Waals surface area contributed by atoms with E-state index >= 15 is 0 Å². The van der Waals surface area contributed by atoms with Crippen molar-refractivity contribution in [1.82, 2.24) is 10.2 Å². The lowest BCUT2D eigenvalue weighted by Gasteiger charge is -2.27. The van der Waals surface area contributed by atoms with Crippen molar-refractivity contribution in [2.75, 3.05) is 32.8 Å². The summed E-state index contributed by atoms with van der Waals surface area (Å²) in [4.78, 5) is 14.0. The number of morpholine rings is 1. The zero-order valence-electron chi connectivity index (χ0n) is 9.94. The highest BCUT2D eigenvalue weighted by Crippen LogP contribution is 2.23. The van der Waals surface area contributed by atoms with Crippen LogP contribution < -0.4 is 5.32 Å². The lowest BCUT2D eigenvalue weighted by Crippen LogP contribution is -2.48. The Balaban J connectivity index is 0.00000128. The molecule has 3 atom stereocenters. The van der Waals surface area contributed by atoms with Gasteiger partial charge in [-0.15, -0.1) is 12.4 Å². The summed E-state index contributed by atoms with van der Waals surface area (Å²) in [5, 5.41) is 3.19. The topological polar surface area (TPSA) is 41.6 Å². The van der Waals surface area contributed by atoms with Gasteiger partial charge in [-0.1, -0.05) is 13.8 Å². The fraction of sp³-hybridized carbons (Fsp3) is 0.909. The maximum atomic E-state index is 12.1. The van der Waals surface area contributed by atoms with Crippen LogP contribution in [0.3, 0.4) is 0 Å². The van der Waals surface area contributed by atoms with Crippen molar-refractivity contribution < 1.29 is 9.53 Å². The molecule has 0 aliphatic carbocycles. The Morgan fingerprint density at radius 1 is 1.31 bits per heavy atom. The highest BCUT2D eigenvalue weighted by atomic mass is 35.5. The van der Waals surface area contributed by atoms with Crippen LogP contribution in [0.25, 0.3) is 0 Å². The Kier molecular flexibility index (Phi) is 5.02. The first-order chi connectivity index (χ1) is 7.18. The quantitative estimate of drug-likeness (QED) is 0.735. The van der Waals surface area contributed by atoms with Crippen molar-refractivity contribution >= 4 is 18.3 Å². The first kappa shape index (κ1) is 13.7. The van der Waals surface area contributed by atoms with E-state index in [4.69, 9.17) is 4.74 Å². The normalized spacial score (nSPS) is 34.6. The molecule has 0 radical (unpaired) electrons. The Bertz CT molecular complexity index is 234. The molecule has 2 unspecified atom stereocenters. The van der Waals surface area contributed by atoms with Gasteiger partial charge in [0.1, 0.15) is 6.10 Å². The molecule has 0 aromatic heterocycles. The number of hydrogen-bond donors (Lipinski definition) is 1. The fourth-order valence-electron chi connectivity index (χ4n) is 2.24. The molecule has 16 heavy (non-hydrogen) atoms. The minimum absolute atomic E-state index is 0. The van der Waals surface area contributed by atoms with Gasteiger partial charge >= 0.3 is 0 Å². The highest BCUT2D eigenvalue weighted by Gasteiger charge is 2.33. The van der Waals surface area contributed by atoms with Gasteiger partial charge in [-0.2, -0.15) is 0 Å². The summed E-state index contributed by atoms with van der Waals surface area (Å²) in [6.45, 7) is 8.36. The Morgan fingerprint density at radius 3 is 2.44 bits per heavy atom. The molecule has 2 aliphatic rings. The van der Waals surface area contributed by atoms with E-state index in [2.05, 4.69) is 19.2 Å². The molecule has 5 heteroatoms. The molecule has 2 aliphatic heterocycles. The minimum Gasteiger partial charge on any atom is -0.366 e. The predicted molar refractivity (Wildman–Crippen MR) is 64.8 cm³/mol. The molecule has 0 aromatic carbocycles. The molecule has 1 N–H and O–H groups in total. The molecule has 0 spiro atoms. The van der Waals surface area contributed by atoms with E-state index < -0.39 is 0 Å². The van der Waals surface area contributed by atoms with Crippen LogP contribution in [0.4, 0.5) is 0 Å². The van der Waals surface area contributed by atoms with E-state index in [1.165, 1.54) is 0 Å². The summed E-state index contributed by atoms with van der Waals surface area (Å²) in [5.74, 6) is 1.40. The van der Waals surface area contributed by atoms with Gasteiger partial charge in [-0.3, -0.25) is 4.79 Å². The van der Waals surface area contributed by atoms with Gasteiger partial charge in [-0.25, -0.2) is 0 Å². The number of nitrogens with one attached hydrogen (secondary N) is 1. The summed E-state index contributed by atoms with van der Waals surface area (Å²) in [5.41, 5.74) is 0. The molecule has 2 rings (SSSR count). The lowest BCUT2D eigenvalue weighted by atomic mass is 10.0. The van der Waals surface area contributed by atoms with Crippen LogP contribution in [0.15, 0.2) is 0 Å². The largest absolute Gasteiger partial charge is 0.366 e. The number of nitrogens with zero attached hydrogens (tertiary/aromatic N) is 1. The zero-order valence-corrected chi connectivity index (χ0v) is 10.8. The second-order valence-corrected chi connectivity index (χ2v) is 4.76. The highest BCUT2D eigenvalue weighted by molar-refractivity contribution is 5.85. The maximum absolute atomic E-state index is 12.1. The van der Waals surface area contributed by atoms with Gasteiger partial charge in [0.15, 0.2) is 0 Å². The average molecular weight is 249 g/mol. The third-order valence-electron chi connectivity index (χ3n) is 3.50. The molecule has 94 valence electrons. The number of halogens is 1. The molecule has 0 saturated carbocycles. The van der Waals surface area contributed by atoms with Crippen LogP contribution >= 0.6 is 12.4 Å². The SMILES string of the molecule is CC1CN(C(=O)[C@H]2CNCCO2)CC1C.Cl. The van der Waals surface area contributed by atoms with Crippen molar-refractivity contribution in [2.24, 2.45) is 11.8 Å². The van der Waals surface area contributed by atoms with Crippen LogP contribution in [-0.4, -0.2) is 49.7 Å². The van der Waals surface area contributed by atoms with E-state index in [-0.39, 0.29) is 24.4 Å². The van der Waals surface area contributed by atoms with Gasteiger partial charge in [0.2, 0.25) is 0 Å². The van der Waals surface area contributed by atoms with Gasteiger partial charge in [-0.05, 0) is 11.8 Å². The van der Waals surface area contributed by atoms with Crippen LogP contribution in [0.5, 0.6) is 0 Å². The monoisotopic (exact) mass is 248 g/mol. The predicted octanol–water partition coefficient (Wildman–Crippen LogP) is 0.511. The molecule has 2 heterocycles. The lowest BCUT2D eigenvalue weighted by molar-refractivity contribution is -0.144. The standard InChI is InChI=1S/C11H20N2O2.ClH/c1-8-6-13(7-9(8)2)11(14)10-5-12-3-4-15-10;/h8-10,12H,3-7H2,1-2H3;1H/t8?,9?,10-;/m1./s1. The third kappa shape index (κ3) is 2.87. The minimum atomic E-state index is -0.253. The summed E-state index contributed by atoms with van der Waals surface area (Å²) < 4.78 is 5.47. The van der Waals surface area contributed by atoms with Gasteiger partial charge in [0.25, 0.3) is 5.91 Å². The van der Waals surface area contributed by atoms with Crippen LogP contribution in [-0.2, 0) is 9.53 Å². The number of ether oxygens (including phenoxy) is 1. The zero-order chi connectivity index (χ0) is 10.8. The number of amides is 1. The smallest absolute Gasteiger partial charge is 0.253 e. The number of hydrogen-bond acceptors (Lipinski definition) is 3. The van der Waals surface area contributed by atoms with Crippen molar-refractivity contribution in [3.63, 3.8) is 0 Å². The van der Waals surface area contributed by atoms with E-state index in [9.17, 15) is 4.79 Å². The number of carbonyl (C=O) groups excluding carboxylic acids is 1. The average Bonchev–Trinajstić information content (AvgIpc) is 2.59. The van der Waals surface area contributed by atoms with Crippen LogP contribution in [0.1, 0.15) is 13.8 Å². The fourth-order valence-corrected chi connectivity index (χ4v) is 2.24. The van der Waals surface area contributed by atoms with Gasteiger partial charge < -0.3 is 15.0 Å². The number of likely N-dealkylation sites (tertiary alicyclic amines) is 1. The summed E-state index contributed by atoms with van der Waals surface area (Å²) >= 11 is 0. The maximum Gasteiger partial charge on any atom is 0.253 e. The molecule has 2 saturated heterocycles. The van der Waals surface area contributed by atoms with Crippen LogP contribution in [0, 0.1) is 11.8 Å². The van der Waals surface area contributed by atoms with E-state index in [0.29, 0.717) is 25.0 Å². The molecule has 4 nitrogen and oxygen atoms in total. The van der Waals surface area contributed by atoms with Crippen molar-refractivity contribution in [3.05, 3.63) is 0 Å². The van der Waals surface area contributed by atoms with E-state index in [0.717, 1.165) is 19.6 Å². The van der Waals surface area contributed by atoms with Crippen molar-refractivity contribution in [1.29, 1.82) is 0 Å². The summed E-state index contributed by atoms with van der Waals surface area (Å²) in [6, 6.07) is 0. The Morgan fingerprint density at radius 2 is 1.94 bits per heavy atom. The molecular weight excluding hydrogens is 228 g/mol. The molecule has 0 aromatic rings. The van der Waals surface area contributed by atoms with E-state index in [1.54, 1.807) is 0 Å². The second-order valence-electron chi connectivity index (χ2n) is 4.76. The Hall–Kier alpha value is -0.320. The number of rotatable bonds is 1. The Labute approximate surface area is 103 Å². The first-order valence-corrected chi connectivity index (χ1v) is 5.79. The molecular formula is C11H21ClN2O2. The number of carbonyl (C=O) groups is 1. The van der Waals surface area contributed by atoms with Gasteiger partial charge in [0.05, 0.1) is 6.61 Å². The second kappa shape index (κ2) is 5.84. The summed E-state index contributed by atoms with van der Waals surface area (Å²) in [6.07, 6.45) is -0.253. The van der Waals surface area contributed by atoms with Crippen molar-refractivity contribution in [2.45, 2.75) is 20.0 Å². The van der Waals surface area contributed by atoms with Crippen LogP contribution in [0.2, 0.25) is 0 Å².